The van der Waals surface area contributed by atoms with Crippen LogP contribution in [0.5, 0.6) is 0 Å². The Morgan fingerprint density at radius 2 is 1.52 bits per heavy atom. The smallest absolute Gasteiger partial charge is 0.252 e. The van der Waals surface area contributed by atoms with E-state index in [9.17, 15) is 18.3 Å². The van der Waals surface area contributed by atoms with Gasteiger partial charge in [0.2, 0.25) is 0 Å². The Balaban J connectivity index is 1.61. The van der Waals surface area contributed by atoms with Crippen molar-refractivity contribution in [2.45, 2.75) is 23.5 Å². The zero-order valence-electron chi connectivity index (χ0n) is 16.9. The van der Waals surface area contributed by atoms with E-state index in [0.717, 1.165) is 41.7 Å². The lowest BCUT2D eigenvalue weighted by Crippen LogP contribution is -2.35. The number of carbonyl (C=O) groups excluding carboxylic acids is 1. The zero-order chi connectivity index (χ0) is 21.8. The van der Waals surface area contributed by atoms with Crippen molar-refractivity contribution < 1.29 is 18.3 Å². The van der Waals surface area contributed by atoms with E-state index in [1.165, 1.54) is 16.4 Å². The molecule has 0 N–H and O–H groups in total. The molecule has 3 aromatic rings. The second kappa shape index (κ2) is 9.18. The summed E-state index contributed by atoms with van der Waals surface area (Å²) in [6.07, 6.45) is 4.25. The number of carboxylic acids is 1. The average molecular weight is 453 g/mol. The van der Waals surface area contributed by atoms with Crippen molar-refractivity contribution in [3.05, 3.63) is 77.2 Å². The van der Waals surface area contributed by atoms with Crippen LogP contribution in [0.1, 0.15) is 29.7 Å². The first-order chi connectivity index (χ1) is 14.9. The van der Waals surface area contributed by atoms with E-state index in [2.05, 4.69) is 0 Å². The van der Waals surface area contributed by atoms with E-state index in [1.807, 2.05) is 54.6 Å². The van der Waals surface area contributed by atoms with E-state index < -0.39 is 16.0 Å². The molecule has 2 aromatic carbocycles. The standard InChI is InChI=1S/C24H23NO4S2/c26-24(27)21(17-18-9-11-20(12-10-18)19-7-3-1-4-8-19)22-13-14-23(30-22)31(28,29)25-15-5-2-6-16-25/h1,3-4,7-14,17H,2,5-6,15-16H2,(H,26,27)/p-1/b21-17+. The third-order valence-electron chi connectivity index (χ3n) is 5.30. The van der Waals surface area contributed by atoms with Gasteiger partial charge in [-0.3, -0.25) is 0 Å². The Hall–Kier alpha value is -2.74. The molecule has 5 nitrogen and oxygen atoms in total. The maximum atomic E-state index is 12.9. The molecule has 0 radical (unpaired) electrons. The summed E-state index contributed by atoms with van der Waals surface area (Å²) < 4.78 is 27.4. The number of hydrogen-bond acceptors (Lipinski definition) is 5. The van der Waals surface area contributed by atoms with E-state index in [-0.39, 0.29) is 9.78 Å². The number of benzene rings is 2. The minimum Gasteiger partial charge on any atom is -0.545 e. The molecule has 0 amide bonds. The number of carboxylic acid groups (broad SMARTS) is 1. The van der Waals surface area contributed by atoms with Gasteiger partial charge in [0.05, 0.1) is 5.97 Å². The molecular formula is C24H22NO4S2-. The molecule has 0 bridgehead atoms. The van der Waals surface area contributed by atoms with E-state index in [0.29, 0.717) is 23.5 Å². The summed E-state index contributed by atoms with van der Waals surface area (Å²) in [5, 5.41) is 11.8. The highest BCUT2D eigenvalue weighted by molar-refractivity contribution is 7.91. The molecule has 4 rings (SSSR count). The molecule has 7 heteroatoms. The molecule has 0 spiro atoms. The van der Waals surface area contributed by atoms with E-state index in [1.54, 1.807) is 6.07 Å². The normalized spacial score (nSPS) is 15.7. The Morgan fingerprint density at radius 3 is 2.16 bits per heavy atom. The molecule has 0 aliphatic carbocycles. The Morgan fingerprint density at radius 1 is 0.871 bits per heavy atom. The summed E-state index contributed by atoms with van der Waals surface area (Å²) in [6.45, 7) is 1.01. The minimum absolute atomic E-state index is 0.0300. The molecule has 2 heterocycles. The molecule has 31 heavy (non-hydrogen) atoms. The van der Waals surface area contributed by atoms with Crippen molar-refractivity contribution >= 4 is 39.0 Å². The minimum atomic E-state index is -3.60. The van der Waals surface area contributed by atoms with Gasteiger partial charge in [0.1, 0.15) is 4.21 Å². The summed E-state index contributed by atoms with van der Waals surface area (Å²) in [6, 6.07) is 20.4. The van der Waals surface area contributed by atoms with Crippen LogP contribution in [-0.4, -0.2) is 31.8 Å². The van der Waals surface area contributed by atoms with Gasteiger partial charge >= 0.3 is 0 Å². The zero-order valence-corrected chi connectivity index (χ0v) is 18.5. The highest BCUT2D eigenvalue weighted by atomic mass is 32.2. The number of nitrogens with zero attached hydrogens (tertiary/aromatic N) is 1. The number of piperidine rings is 1. The van der Waals surface area contributed by atoms with Crippen molar-refractivity contribution in [1.82, 2.24) is 4.31 Å². The van der Waals surface area contributed by atoms with Crippen LogP contribution >= 0.6 is 11.3 Å². The predicted molar refractivity (Wildman–Crippen MR) is 122 cm³/mol. The van der Waals surface area contributed by atoms with Crippen molar-refractivity contribution in [3.63, 3.8) is 0 Å². The Labute approximate surface area is 186 Å². The Bertz CT molecular complexity index is 1190. The highest BCUT2D eigenvalue weighted by Crippen LogP contribution is 2.32. The average Bonchev–Trinajstić information content (AvgIpc) is 3.30. The van der Waals surface area contributed by atoms with Gasteiger partial charge < -0.3 is 9.90 Å². The largest absolute Gasteiger partial charge is 0.545 e. The maximum Gasteiger partial charge on any atom is 0.252 e. The fourth-order valence-electron chi connectivity index (χ4n) is 3.64. The third kappa shape index (κ3) is 4.79. The van der Waals surface area contributed by atoms with Crippen LogP contribution in [0.3, 0.4) is 0 Å². The number of aliphatic carboxylic acids is 1. The molecule has 1 aliphatic rings. The number of rotatable bonds is 6. The molecule has 0 unspecified atom stereocenters. The summed E-state index contributed by atoms with van der Waals surface area (Å²) >= 11 is 0.970. The fraction of sp³-hybridized carbons (Fsp3) is 0.208. The third-order valence-corrected chi connectivity index (χ3v) is 8.79. The first-order valence-electron chi connectivity index (χ1n) is 10.1. The molecule has 1 aliphatic heterocycles. The molecule has 0 atom stereocenters. The Kier molecular flexibility index (Phi) is 6.36. The van der Waals surface area contributed by atoms with Gasteiger partial charge in [-0.05, 0) is 47.7 Å². The lowest BCUT2D eigenvalue weighted by molar-refractivity contribution is -0.295. The lowest BCUT2D eigenvalue weighted by Gasteiger charge is -2.25. The quantitative estimate of drug-likeness (QED) is 0.532. The monoisotopic (exact) mass is 452 g/mol. The lowest BCUT2D eigenvalue weighted by atomic mass is 10.0. The molecule has 1 saturated heterocycles. The van der Waals surface area contributed by atoms with Crippen LogP contribution in [-0.2, 0) is 14.8 Å². The van der Waals surface area contributed by atoms with E-state index in [4.69, 9.17) is 0 Å². The second-order valence-electron chi connectivity index (χ2n) is 7.42. The van der Waals surface area contributed by atoms with Crippen molar-refractivity contribution in [1.29, 1.82) is 0 Å². The summed E-state index contributed by atoms with van der Waals surface area (Å²) in [7, 11) is -3.60. The molecule has 160 valence electrons. The van der Waals surface area contributed by atoms with Gasteiger partial charge in [-0.25, -0.2) is 8.42 Å². The van der Waals surface area contributed by atoms with Crippen molar-refractivity contribution in [3.8, 4) is 11.1 Å². The van der Waals surface area contributed by atoms with E-state index >= 15 is 0 Å². The van der Waals surface area contributed by atoms with Gasteiger partial charge in [0.25, 0.3) is 10.0 Å². The molecule has 0 saturated carbocycles. The van der Waals surface area contributed by atoms with Gasteiger partial charge in [-0.1, -0.05) is 61.0 Å². The first kappa shape index (κ1) is 21.5. The molecular weight excluding hydrogens is 430 g/mol. The highest BCUT2D eigenvalue weighted by Gasteiger charge is 2.27. The number of carbonyl (C=O) groups is 1. The van der Waals surface area contributed by atoms with Crippen LogP contribution < -0.4 is 5.11 Å². The topological polar surface area (TPSA) is 77.5 Å². The van der Waals surface area contributed by atoms with Gasteiger partial charge in [0.15, 0.2) is 0 Å². The van der Waals surface area contributed by atoms with Crippen LogP contribution in [0.15, 0.2) is 70.9 Å². The van der Waals surface area contributed by atoms with Crippen LogP contribution in [0, 0.1) is 0 Å². The van der Waals surface area contributed by atoms with Gasteiger partial charge in [0, 0.05) is 23.5 Å². The van der Waals surface area contributed by atoms with Crippen LogP contribution in [0.25, 0.3) is 22.8 Å². The predicted octanol–water partition coefficient (Wildman–Crippen LogP) is 3.88. The number of hydrogen-bond donors (Lipinski definition) is 0. The first-order valence-corrected chi connectivity index (χ1v) is 12.4. The van der Waals surface area contributed by atoms with Crippen LogP contribution in [0.4, 0.5) is 0 Å². The number of sulfonamides is 1. The summed E-state index contributed by atoms with van der Waals surface area (Å²) in [5.74, 6) is -1.34. The van der Waals surface area contributed by atoms with Crippen LogP contribution in [0.2, 0.25) is 0 Å². The summed E-state index contributed by atoms with van der Waals surface area (Å²) in [4.78, 5) is 12.2. The summed E-state index contributed by atoms with van der Waals surface area (Å²) in [5.41, 5.74) is 2.77. The molecule has 1 aromatic heterocycles. The fourth-order valence-corrected chi connectivity index (χ4v) is 6.62. The maximum absolute atomic E-state index is 12.9. The van der Waals surface area contributed by atoms with Crippen molar-refractivity contribution in [2.75, 3.05) is 13.1 Å². The SMILES string of the molecule is O=C([O-])/C(=C/c1ccc(-c2ccccc2)cc1)c1ccc(S(=O)(=O)N2CCCCC2)s1. The van der Waals surface area contributed by atoms with Gasteiger partial charge in [-0.15, -0.1) is 11.3 Å². The second-order valence-corrected chi connectivity index (χ2v) is 10.7. The molecule has 1 fully saturated rings. The number of thiophene rings is 1. The van der Waals surface area contributed by atoms with Gasteiger partial charge in [-0.2, -0.15) is 4.31 Å². The van der Waals surface area contributed by atoms with Crippen molar-refractivity contribution in [2.24, 2.45) is 0 Å².